The predicted octanol–water partition coefficient (Wildman–Crippen LogP) is 4.88. The third kappa shape index (κ3) is 5.33. The van der Waals surface area contributed by atoms with Gasteiger partial charge in [-0.25, -0.2) is 4.39 Å². The van der Waals surface area contributed by atoms with Gasteiger partial charge in [-0.05, 0) is 104 Å². The minimum atomic E-state index is -1.02. The summed E-state index contributed by atoms with van der Waals surface area (Å²) in [5.41, 5.74) is 5.55. The van der Waals surface area contributed by atoms with Crippen LogP contribution < -0.4 is 5.32 Å². The van der Waals surface area contributed by atoms with E-state index < -0.39 is 10.8 Å². The van der Waals surface area contributed by atoms with E-state index >= 15 is 0 Å². The van der Waals surface area contributed by atoms with Gasteiger partial charge in [-0.3, -0.25) is 9.00 Å². The molecule has 2 aromatic rings. The number of nitrogens with one attached hydrogen (secondary N) is 1. The number of carbonyl (C=O) groups is 1. The Labute approximate surface area is 198 Å². The summed E-state index contributed by atoms with van der Waals surface area (Å²) in [6, 6.07) is 12.9. The van der Waals surface area contributed by atoms with Crippen LogP contribution in [0.3, 0.4) is 0 Å². The van der Waals surface area contributed by atoms with E-state index in [2.05, 4.69) is 23.3 Å². The molecule has 2 unspecified atom stereocenters. The van der Waals surface area contributed by atoms with E-state index in [0.717, 1.165) is 51.3 Å². The SMILES string of the molecule is CC1=C(CC(=O)NCCC2CCCN2C)c2cc(F)ccc2/C1=C\c1ccc(S(C)=O)cc1. The molecule has 1 saturated heterocycles. The van der Waals surface area contributed by atoms with Crippen LogP contribution in [0.15, 0.2) is 52.9 Å². The first kappa shape index (κ1) is 23.6. The van der Waals surface area contributed by atoms with Crippen molar-refractivity contribution < 1.29 is 13.4 Å². The van der Waals surface area contributed by atoms with Crippen molar-refractivity contribution in [2.24, 2.45) is 0 Å². The zero-order valence-electron chi connectivity index (χ0n) is 19.5. The third-order valence-corrected chi connectivity index (χ3v) is 7.72. The number of likely N-dealkylation sites (tertiary alicyclic amines) is 1. The molecule has 1 heterocycles. The highest BCUT2D eigenvalue weighted by atomic mass is 32.2. The average molecular weight is 467 g/mol. The molecule has 33 heavy (non-hydrogen) atoms. The molecule has 0 radical (unpaired) electrons. The number of carbonyl (C=O) groups excluding carboxylic acids is 1. The molecular weight excluding hydrogens is 435 g/mol. The number of hydrogen-bond donors (Lipinski definition) is 1. The smallest absolute Gasteiger partial charge is 0.224 e. The van der Waals surface area contributed by atoms with Crippen LogP contribution in [0.4, 0.5) is 4.39 Å². The Morgan fingerprint density at radius 1 is 1.21 bits per heavy atom. The molecule has 1 amide bonds. The Bertz CT molecular complexity index is 1140. The van der Waals surface area contributed by atoms with Gasteiger partial charge in [0.05, 0.1) is 6.42 Å². The van der Waals surface area contributed by atoms with E-state index in [9.17, 15) is 13.4 Å². The molecular formula is C27H31FN2O2S. The summed E-state index contributed by atoms with van der Waals surface area (Å²) in [7, 11) is 1.12. The quantitative estimate of drug-likeness (QED) is 0.633. The molecule has 1 aliphatic carbocycles. The minimum Gasteiger partial charge on any atom is -0.356 e. The zero-order valence-corrected chi connectivity index (χ0v) is 20.3. The Balaban J connectivity index is 1.53. The maximum absolute atomic E-state index is 14.1. The summed E-state index contributed by atoms with van der Waals surface area (Å²) in [6.45, 7) is 3.78. The van der Waals surface area contributed by atoms with Crippen molar-refractivity contribution in [3.63, 3.8) is 0 Å². The van der Waals surface area contributed by atoms with Crippen LogP contribution in [0.25, 0.3) is 17.2 Å². The van der Waals surface area contributed by atoms with E-state index in [1.165, 1.54) is 25.0 Å². The predicted molar refractivity (Wildman–Crippen MR) is 134 cm³/mol. The second kappa shape index (κ2) is 10.1. The molecule has 0 bridgehead atoms. The summed E-state index contributed by atoms with van der Waals surface area (Å²) in [5.74, 6) is -0.337. The topological polar surface area (TPSA) is 49.4 Å². The van der Waals surface area contributed by atoms with Crippen LogP contribution in [0.2, 0.25) is 0 Å². The molecule has 2 aliphatic rings. The maximum atomic E-state index is 14.1. The maximum Gasteiger partial charge on any atom is 0.224 e. The van der Waals surface area contributed by atoms with Gasteiger partial charge in [-0.2, -0.15) is 0 Å². The average Bonchev–Trinajstić information content (AvgIpc) is 3.30. The van der Waals surface area contributed by atoms with Crippen molar-refractivity contribution in [3.05, 3.63) is 70.5 Å². The van der Waals surface area contributed by atoms with Gasteiger partial charge in [0, 0.05) is 34.5 Å². The molecule has 0 saturated carbocycles. The van der Waals surface area contributed by atoms with Crippen LogP contribution in [0.1, 0.15) is 49.3 Å². The summed E-state index contributed by atoms with van der Waals surface area (Å²) >= 11 is 0. The molecule has 1 aliphatic heterocycles. The fourth-order valence-corrected chi connectivity index (χ4v) is 5.37. The normalized spacial score (nSPS) is 20.4. The first-order valence-corrected chi connectivity index (χ1v) is 13.0. The number of halogens is 1. The number of hydrogen-bond acceptors (Lipinski definition) is 3. The monoisotopic (exact) mass is 466 g/mol. The largest absolute Gasteiger partial charge is 0.356 e. The molecule has 2 aromatic carbocycles. The zero-order chi connectivity index (χ0) is 23.5. The molecule has 1 fully saturated rings. The molecule has 4 nitrogen and oxygen atoms in total. The van der Waals surface area contributed by atoms with E-state index in [1.54, 1.807) is 12.3 Å². The lowest BCUT2D eigenvalue weighted by molar-refractivity contribution is -0.120. The van der Waals surface area contributed by atoms with Gasteiger partial charge in [-0.15, -0.1) is 0 Å². The summed E-state index contributed by atoms with van der Waals surface area (Å²) in [4.78, 5) is 15.9. The van der Waals surface area contributed by atoms with E-state index in [-0.39, 0.29) is 18.1 Å². The fraction of sp³-hybridized carbons (Fsp3) is 0.370. The Hall–Kier alpha value is -2.57. The van der Waals surface area contributed by atoms with Gasteiger partial charge in [0.15, 0.2) is 0 Å². The van der Waals surface area contributed by atoms with Crippen molar-refractivity contribution in [1.29, 1.82) is 0 Å². The third-order valence-electron chi connectivity index (χ3n) is 6.79. The second-order valence-corrected chi connectivity index (χ2v) is 10.3. The van der Waals surface area contributed by atoms with Gasteiger partial charge >= 0.3 is 0 Å². The van der Waals surface area contributed by atoms with Crippen LogP contribution in [0, 0.1) is 5.82 Å². The highest BCUT2D eigenvalue weighted by Crippen LogP contribution is 2.43. The Morgan fingerprint density at radius 2 is 1.97 bits per heavy atom. The van der Waals surface area contributed by atoms with Gasteiger partial charge < -0.3 is 10.2 Å². The van der Waals surface area contributed by atoms with E-state index in [0.29, 0.717) is 12.6 Å². The van der Waals surface area contributed by atoms with Crippen molar-refractivity contribution in [1.82, 2.24) is 10.2 Å². The summed E-state index contributed by atoms with van der Waals surface area (Å²) < 4.78 is 25.8. The van der Waals surface area contributed by atoms with Gasteiger partial charge in [0.1, 0.15) is 5.82 Å². The molecule has 2 atom stereocenters. The number of fused-ring (bicyclic) bond motifs is 1. The lowest BCUT2D eigenvalue weighted by atomic mass is 10.0. The number of rotatable bonds is 7. The highest BCUT2D eigenvalue weighted by Gasteiger charge is 2.26. The molecule has 4 rings (SSSR count). The van der Waals surface area contributed by atoms with E-state index in [4.69, 9.17) is 0 Å². The van der Waals surface area contributed by atoms with Crippen molar-refractivity contribution in [2.45, 2.75) is 43.5 Å². The van der Waals surface area contributed by atoms with Gasteiger partial charge in [-0.1, -0.05) is 18.2 Å². The van der Waals surface area contributed by atoms with Crippen molar-refractivity contribution in [2.75, 3.05) is 26.4 Å². The number of nitrogens with zero attached hydrogens (tertiary/aromatic N) is 1. The lowest BCUT2D eigenvalue weighted by Crippen LogP contribution is -2.31. The minimum absolute atomic E-state index is 0.0313. The summed E-state index contributed by atoms with van der Waals surface area (Å²) in [5, 5.41) is 3.06. The first-order chi connectivity index (χ1) is 15.8. The molecule has 0 spiro atoms. The van der Waals surface area contributed by atoms with Crippen LogP contribution >= 0.6 is 0 Å². The molecule has 174 valence electrons. The van der Waals surface area contributed by atoms with E-state index in [1.807, 2.05) is 31.2 Å². The summed E-state index contributed by atoms with van der Waals surface area (Å²) in [6.07, 6.45) is 7.30. The molecule has 6 heteroatoms. The van der Waals surface area contributed by atoms with Crippen molar-refractivity contribution >= 4 is 33.9 Å². The van der Waals surface area contributed by atoms with Crippen LogP contribution in [-0.2, 0) is 15.6 Å². The van der Waals surface area contributed by atoms with Crippen molar-refractivity contribution in [3.8, 4) is 0 Å². The van der Waals surface area contributed by atoms with Gasteiger partial charge in [0.25, 0.3) is 0 Å². The fourth-order valence-electron chi connectivity index (χ4n) is 4.85. The molecule has 1 N–H and O–H groups in total. The Morgan fingerprint density at radius 3 is 2.64 bits per heavy atom. The van der Waals surface area contributed by atoms with Crippen LogP contribution in [0.5, 0.6) is 0 Å². The Kier molecular flexibility index (Phi) is 7.25. The number of benzene rings is 2. The number of allylic oxidation sites excluding steroid dienone is 2. The second-order valence-electron chi connectivity index (χ2n) is 8.97. The standard InChI is InChI=1S/C27H31FN2O2S/c1-18-24(15-19-6-9-22(10-7-19)33(3)32)23-11-8-20(28)16-26(23)25(18)17-27(31)29-13-12-21-5-4-14-30(21)2/h6-11,15-16,21H,4-5,12-14,17H2,1-3H3,(H,29,31)/b24-15-. The number of amides is 1. The lowest BCUT2D eigenvalue weighted by Gasteiger charge is -2.19. The van der Waals surface area contributed by atoms with Gasteiger partial charge in [0.2, 0.25) is 5.91 Å². The molecule has 0 aromatic heterocycles. The first-order valence-electron chi connectivity index (χ1n) is 11.5. The highest BCUT2D eigenvalue weighted by molar-refractivity contribution is 7.84. The van der Waals surface area contributed by atoms with Crippen LogP contribution in [-0.4, -0.2) is 47.5 Å².